The Morgan fingerprint density at radius 2 is 1.80 bits per heavy atom. The number of para-hydroxylation sites is 1. The van der Waals surface area contributed by atoms with Crippen molar-refractivity contribution in [3.63, 3.8) is 0 Å². The van der Waals surface area contributed by atoms with Crippen LogP contribution in [0.4, 0.5) is 41.7 Å². The van der Waals surface area contributed by atoms with E-state index in [9.17, 15) is 31.9 Å². The van der Waals surface area contributed by atoms with Gasteiger partial charge in [-0.3, -0.25) is 9.48 Å². The quantitative estimate of drug-likeness (QED) is 0.111. The molecule has 2 aromatic carbocycles. The second kappa shape index (κ2) is 12.4. The van der Waals surface area contributed by atoms with E-state index in [1.165, 1.54) is 4.68 Å². The molecule has 19 heteroatoms. The first-order chi connectivity index (χ1) is 25.7. The van der Waals surface area contributed by atoms with Crippen LogP contribution in [-0.2, 0) is 30.4 Å². The Morgan fingerprint density at radius 1 is 1.09 bits per heavy atom. The van der Waals surface area contributed by atoms with E-state index in [4.69, 9.17) is 16.5 Å². The molecule has 0 spiro atoms. The van der Waals surface area contributed by atoms with Crippen LogP contribution in [0.25, 0.3) is 32.4 Å². The van der Waals surface area contributed by atoms with Crippen molar-refractivity contribution in [2.24, 2.45) is 18.7 Å². The summed E-state index contributed by atoms with van der Waals surface area (Å²) in [5.41, 5.74) is 8.79. The van der Waals surface area contributed by atoms with Crippen LogP contribution in [0.3, 0.4) is 0 Å². The Bertz CT molecular complexity index is 2520. The van der Waals surface area contributed by atoms with Gasteiger partial charge in [-0.2, -0.15) is 32.1 Å². The number of benzene rings is 2. The molecule has 0 bridgehead atoms. The molecule has 6 aromatic rings. The Hall–Kier alpha value is -5.30. The molecule has 1 unspecified atom stereocenters. The van der Waals surface area contributed by atoms with Gasteiger partial charge >= 0.3 is 6.18 Å². The number of nitrogens with zero attached hydrogens (tertiary/aromatic N) is 6. The summed E-state index contributed by atoms with van der Waals surface area (Å²) in [7, 11) is 1.62. The zero-order valence-corrected chi connectivity index (χ0v) is 30.0. The Kier molecular flexibility index (Phi) is 8.24. The first kappa shape index (κ1) is 36.7. The van der Waals surface area contributed by atoms with Crippen LogP contribution in [0.1, 0.15) is 66.4 Å². The third-order valence-corrected chi connectivity index (χ3v) is 11.0. The zero-order chi connectivity index (χ0) is 39.5. The predicted molar refractivity (Wildman–Crippen MR) is 189 cm³/mol. The van der Waals surface area contributed by atoms with Gasteiger partial charge in [0, 0.05) is 53.6 Å². The lowest BCUT2D eigenvalue weighted by Crippen LogP contribution is -2.37. The minimum absolute atomic E-state index is 0.0724. The fourth-order valence-corrected chi connectivity index (χ4v) is 8.63. The summed E-state index contributed by atoms with van der Waals surface area (Å²) in [5, 5.41) is 22.2. The monoisotopic (exact) mass is 787 g/mol. The standard InChI is InChI=1S/C36H32F7N9O2S/c1-34(2,54)13-46-33-48-32-23(55-33)12-19(17-5-4-6-18-26(17)51(3)50-30(18)44)25(47-32)21(9-14-7-15(37)10-16(38)8-14)27(31(45)53)52-29-24(28(49-52)36(41,42)43)20-11-22(20)35(29,39)40/h4-8,10,12,20-22,27,54H,9,11,13H2,1-3H3,(H2,44,50)(H2,45,53)(H,46,47,48)/t20-,21+,22+,27?/m0/s1. The van der Waals surface area contributed by atoms with Crippen molar-refractivity contribution in [1.82, 2.24) is 29.5 Å². The molecule has 2 aliphatic rings. The van der Waals surface area contributed by atoms with E-state index in [0.29, 0.717) is 37.0 Å². The van der Waals surface area contributed by atoms with Crippen LogP contribution < -0.4 is 16.8 Å². The number of nitrogens with two attached hydrogens (primary N) is 2. The number of anilines is 2. The smallest absolute Gasteiger partial charge is 0.389 e. The minimum atomic E-state index is -5.17. The number of nitrogens with one attached hydrogen (secondary N) is 1. The number of aryl methyl sites for hydroxylation is 1. The number of carbonyl (C=O) groups is 1. The number of pyridine rings is 1. The van der Waals surface area contributed by atoms with Gasteiger partial charge in [0.1, 0.15) is 23.4 Å². The van der Waals surface area contributed by atoms with Gasteiger partial charge in [0.2, 0.25) is 5.91 Å². The lowest BCUT2D eigenvalue weighted by atomic mass is 9.84. The van der Waals surface area contributed by atoms with Crippen molar-refractivity contribution < 1.29 is 40.6 Å². The predicted octanol–water partition coefficient (Wildman–Crippen LogP) is 6.77. The average molecular weight is 788 g/mol. The number of amides is 1. The number of hydrogen-bond acceptors (Lipinski definition) is 9. The highest BCUT2D eigenvalue weighted by molar-refractivity contribution is 7.22. The van der Waals surface area contributed by atoms with Crippen molar-refractivity contribution in [2.45, 2.75) is 62.3 Å². The molecule has 6 N–H and O–H groups in total. The average Bonchev–Trinajstić information content (AvgIpc) is 3.35. The number of alkyl halides is 5. The van der Waals surface area contributed by atoms with Crippen molar-refractivity contribution in [3.05, 3.63) is 82.3 Å². The van der Waals surface area contributed by atoms with Crippen molar-refractivity contribution in [2.75, 3.05) is 17.6 Å². The molecule has 0 aliphatic heterocycles. The maximum Gasteiger partial charge on any atom is 0.435 e. The van der Waals surface area contributed by atoms with Crippen LogP contribution in [0.5, 0.6) is 0 Å². The highest BCUT2D eigenvalue weighted by Gasteiger charge is 2.69. The van der Waals surface area contributed by atoms with Gasteiger partial charge in [-0.15, -0.1) is 0 Å². The molecule has 0 radical (unpaired) electrons. The topological polar surface area (TPSA) is 163 Å². The lowest BCUT2D eigenvalue weighted by Gasteiger charge is -2.29. The van der Waals surface area contributed by atoms with Crippen LogP contribution in [0.2, 0.25) is 0 Å². The molecule has 1 saturated carbocycles. The third-order valence-electron chi connectivity index (χ3n) is 10.1. The van der Waals surface area contributed by atoms with Crippen LogP contribution in [-0.4, -0.2) is 52.7 Å². The van der Waals surface area contributed by atoms with E-state index in [2.05, 4.69) is 20.5 Å². The fourth-order valence-electron chi connectivity index (χ4n) is 7.79. The number of nitrogen functional groups attached to an aromatic ring is 1. The Morgan fingerprint density at radius 3 is 2.45 bits per heavy atom. The van der Waals surface area contributed by atoms with Crippen LogP contribution >= 0.6 is 11.3 Å². The lowest BCUT2D eigenvalue weighted by molar-refractivity contribution is -0.142. The van der Waals surface area contributed by atoms with E-state index >= 15 is 8.78 Å². The Labute approximate surface area is 311 Å². The molecule has 288 valence electrons. The normalized spacial score (nSPS) is 18.7. The molecule has 4 aromatic heterocycles. The number of hydrogen-bond donors (Lipinski definition) is 4. The number of primary amides is 1. The molecule has 55 heavy (non-hydrogen) atoms. The second-order valence-corrected chi connectivity index (χ2v) is 15.7. The third kappa shape index (κ3) is 6.22. The molecule has 4 atom stereocenters. The molecular formula is C36H32F7N9O2S. The first-order valence-corrected chi connectivity index (χ1v) is 17.9. The number of aliphatic hydroxyl groups is 1. The van der Waals surface area contributed by atoms with E-state index < -0.39 is 82.4 Å². The van der Waals surface area contributed by atoms with Crippen molar-refractivity contribution in [3.8, 4) is 11.1 Å². The number of rotatable bonds is 10. The van der Waals surface area contributed by atoms with Crippen LogP contribution in [0, 0.1) is 17.6 Å². The second-order valence-electron chi connectivity index (χ2n) is 14.7. The molecular weight excluding hydrogens is 756 g/mol. The van der Waals surface area contributed by atoms with E-state index in [-0.39, 0.29) is 41.3 Å². The highest BCUT2D eigenvalue weighted by atomic mass is 32.1. The van der Waals surface area contributed by atoms with Gasteiger partial charge in [0.15, 0.2) is 22.3 Å². The Balaban J connectivity index is 1.43. The molecule has 0 saturated heterocycles. The van der Waals surface area contributed by atoms with Gasteiger partial charge < -0.3 is 21.9 Å². The summed E-state index contributed by atoms with van der Waals surface area (Å²) in [6, 6.07) is 7.12. The number of fused-ring (bicyclic) bond motifs is 5. The van der Waals surface area contributed by atoms with Gasteiger partial charge in [-0.05, 0) is 62.4 Å². The van der Waals surface area contributed by atoms with Crippen molar-refractivity contribution >= 4 is 49.4 Å². The van der Waals surface area contributed by atoms with E-state index in [1.54, 1.807) is 45.2 Å². The number of thiazole rings is 1. The fraction of sp³-hybridized carbons (Fsp3) is 0.361. The number of aromatic nitrogens is 6. The maximum atomic E-state index is 16.0. The molecule has 1 amide bonds. The van der Waals surface area contributed by atoms with Gasteiger partial charge in [0.25, 0.3) is 5.92 Å². The largest absolute Gasteiger partial charge is 0.435 e. The van der Waals surface area contributed by atoms with Crippen molar-refractivity contribution in [1.29, 1.82) is 0 Å². The molecule has 2 aliphatic carbocycles. The molecule has 4 heterocycles. The van der Waals surface area contributed by atoms with Crippen LogP contribution in [0.15, 0.2) is 42.5 Å². The summed E-state index contributed by atoms with van der Waals surface area (Å²) in [4.78, 5) is 23.1. The molecule has 11 nitrogen and oxygen atoms in total. The first-order valence-electron chi connectivity index (χ1n) is 17.0. The SMILES string of the molecule is Cn1nc(N)c2cccc(-c3cc4sc(NCC(C)(C)O)nc4nc3[C@@H](Cc3cc(F)cc(F)c3)C(C(N)=O)n3nc(C(F)(F)F)c4c3C(F)(F)[C@@H]3C[C@H]43)c21. The van der Waals surface area contributed by atoms with E-state index in [1.807, 2.05) is 0 Å². The maximum absolute atomic E-state index is 16.0. The summed E-state index contributed by atoms with van der Waals surface area (Å²) >= 11 is 1.15. The number of halogens is 7. The summed E-state index contributed by atoms with van der Waals surface area (Å²) in [5.74, 6) is -11.1. The molecule has 1 fully saturated rings. The van der Waals surface area contributed by atoms with Gasteiger partial charge in [-0.25, -0.2) is 23.4 Å². The summed E-state index contributed by atoms with van der Waals surface area (Å²) in [6.07, 6.45) is -5.90. The highest BCUT2D eigenvalue weighted by Crippen LogP contribution is 2.69. The molecule has 8 rings (SSSR count). The van der Waals surface area contributed by atoms with E-state index in [0.717, 1.165) is 23.5 Å². The van der Waals surface area contributed by atoms with Gasteiger partial charge in [0.05, 0.1) is 21.5 Å². The van der Waals surface area contributed by atoms with Gasteiger partial charge in [-0.1, -0.05) is 23.5 Å². The minimum Gasteiger partial charge on any atom is -0.389 e. The summed E-state index contributed by atoms with van der Waals surface area (Å²) < 4.78 is 107. The summed E-state index contributed by atoms with van der Waals surface area (Å²) in [6.45, 7) is 3.24. The number of carbonyl (C=O) groups excluding carboxylic acids is 1. The zero-order valence-electron chi connectivity index (χ0n) is 29.2.